The second-order valence-electron chi connectivity index (χ2n) is 15.7. The molecule has 0 rings (SSSR count). The molecular weight excluding hydrogens is 685 g/mol. The topological polar surface area (TPSA) is 78.9 Å². The highest BCUT2D eigenvalue weighted by Crippen LogP contribution is 2.14. The molecule has 0 N–H and O–H groups in total. The van der Waals surface area contributed by atoms with E-state index in [0.29, 0.717) is 19.3 Å². The van der Waals surface area contributed by atoms with Crippen LogP contribution in [0, 0.1) is 0 Å². The molecule has 0 aliphatic carbocycles. The van der Waals surface area contributed by atoms with Crippen LogP contribution in [0.1, 0.15) is 239 Å². The average molecular weight is 773 g/mol. The minimum absolute atomic E-state index is 0.0780. The van der Waals surface area contributed by atoms with E-state index in [4.69, 9.17) is 14.2 Å². The SMILES string of the molecule is CCCC/C=C\C/C=C\CCCCCCCC(=O)OC[C@@H](COC(=O)CCCCCCCCCCCC)OC(=O)CCCCCCC/C=C\CCCCCC. The third kappa shape index (κ3) is 42.6. The first-order valence-corrected chi connectivity index (χ1v) is 23.5. The molecule has 0 saturated carbocycles. The zero-order valence-corrected chi connectivity index (χ0v) is 36.4. The number of hydrogen-bond donors (Lipinski definition) is 0. The molecule has 0 amide bonds. The largest absolute Gasteiger partial charge is 0.462 e. The third-order valence-corrected chi connectivity index (χ3v) is 10.1. The van der Waals surface area contributed by atoms with Crippen LogP contribution in [-0.2, 0) is 28.6 Å². The number of hydrogen-bond acceptors (Lipinski definition) is 6. The van der Waals surface area contributed by atoms with Gasteiger partial charge in [-0.05, 0) is 70.6 Å². The third-order valence-electron chi connectivity index (χ3n) is 10.1. The summed E-state index contributed by atoms with van der Waals surface area (Å²) >= 11 is 0. The number of carbonyl (C=O) groups excluding carboxylic acids is 3. The monoisotopic (exact) mass is 773 g/mol. The lowest BCUT2D eigenvalue weighted by Gasteiger charge is -2.18. The molecule has 0 aromatic heterocycles. The van der Waals surface area contributed by atoms with Gasteiger partial charge in [-0.15, -0.1) is 0 Å². The molecule has 1 atom stereocenters. The highest BCUT2D eigenvalue weighted by Gasteiger charge is 2.19. The molecule has 0 spiro atoms. The average Bonchev–Trinajstić information content (AvgIpc) is 3.18. The van der Waals surface area contributed by atoms with Crippen molar-refractivity contribution in [1.29, 1.82) is 0 Å². The fourth-order valence-corrected chi connectivity index (χ4v) is 6.51. The Balaban J connectivity index is 4.39. The number of esters is 3. The Morgan fingerprint density at radius 3 is 1.09 bits per heavy atom. The molecule has 6 nitrogen and oxygen atoms in total. The van der Waals surface area contributed by atoms with Gasteiger partial charge in [-0.1, -0.05) is 186 Å². The van der Waals surface area contributed by atoms with Crippen LogP contribution in [-0.4, -0.2) is 37.2 Å². The number of rotatable bonds is 42. The van der Waals surface area contributed by atoms with Crippen LogP contribution in [0.4, 0.5) is 0 Å². The first-order chi connectivity index (χ1) is 27.0. The van der Waals surface area contributed by atoms with Gasteiger partial charge >= 0.3 is 17.9 Å². The fourth-order valence-electron chi connectivity index (χ4n) is 6.51. The van der Waals surface area contributed by atoms with Gasteiger partial charge in [0, 0.05) is 19.3 Å². The lowest BCUT2D eigenvalue weighted by Crippen LogP contribution is -2.30. The molecule has 0 aromatic carbocycles. The Labute approximate surface area is 340 Å². The van der Waals surface area contributed by atoms with E-state index in [9.17, 15) is 14.4 Å². The summed E-state index contributed by atoms with van der Waals surface area (Å²) < 4.78 is 16.7. The summed E-state index contributed by atoms with van der Waals surface area (Å²) in [7, 11) is 0. The van der Waals surface area contributed by atoms with Crippen LogP contribution in [0.2, 0.25) is 0 Å². The second-order valence-corrected chi connectivity index (χ2v) is 15.7. The van der Waals surface area contributed by atoms with Gasteiger partial charge in [0.1, 0.15) is 13.2 Å². The van der Waals surface area contributed by atoms with Crippen LogP contribution in [0.15, 0.2) is 36.5 Å². The van der Waals surface area contributed by atoms with Gasteiger partial charge in [0.25, 0.3) is 0 Å². The highest BCUT2D eigenvalue weighted by molar-refractivity contribution is 5.71. The van der Waals surface area contributed by atoms with Crippen LogP contribution >= 0.6 is 0 Å². The second kappa shape index (κ2) is 44.3. The number of unbranched alkanes of at least 4 members (excludes halogenated alkanes) is 25. The summed E-state index contributed by atoms with van der Waals surface area (Å²) in [4.78, 5) is 37.7. The zero-order chi connectivity index (χ0) is 40.1. The summed E-state index contributed by atoms with van der Waals surface area (Å²) in [6.07, 6.45) is 49.8. The van der Waals surface area contributed by atoms with Gasteiger partial charge in [-0.2, -0.15) is 0 Å². The Bertz CT molecular complexity index is 938. The molecule has 0 aliphatic heterocycles. The van der Waals surface area contributed by atoms with Crippen molar-refractivity contribution in [1.82, 2.24) is 0 Å². The van der Waals surface area contributed by atoms with Gasteiger partial charge in [-0.25, -0.2) is 0 Å². The molecule has 0 aromatic rings. The zero-order valence-electron chi connectivity index (χ0n) is 36.4. The predicted octanol–water partition coefficient (Wildman–Crippen LogP) is 15.0. The Morgan fingerprint density at radius 1 is 0.364 bits per heavy atom. The quantitative estimate of drug-likeness (QED) is 0.0266. The molecule has 0 radical (unpaired) electrons. The van der Waals surface area contributed by atoms with Crippen molar-refractivity contribution in [3.8, 4) is 0 Å². The van der Waals surface area contributed by atoms with Crippen LogP contribution in [0.3, 0.4) is 0 Å². The molecule has 0 bridgehead atoms. The fraction of sp³-hybridized carbons (Fsp3) is 0.816. The van der Waals surface area contributed by atoms with Crippen molar-refractivity contribution in [3.05, 3.63) is 36.5 Å². The molecule has 0 fully saturated rings. The molecule has 0 unspecified atom stereocenters. The highest BCUT2D eigenvalue weighted by atomic mass is 16.6. The summed E-state index contributed by atoms with van der Waals surface area (Å²) in [6.45, 7) is 6.55. The summed E-state index contributed by atoms with van der Waals surface area (Å²) in [5.74, 6) is -0.900. The van der Waals surface area contributed by atoms with Crippen molar-refractivity contribution in [3.63, 3.8) is 0 Å². The molecule has 0 saturated heterocycles. The Morgan fingerprint density at radius 2 is 0.673 bits per heavy atom. The summed E-state index contributed by atoms with van der Waals surface area (Å²) in [6, 6.07) is 0. The number of ether oxygens (including phenoxy) is 3. The maximum Gasteiger partial charge on any atom is 0.306 e. The van der Waals surface area contributed by atoms with E-state index < -0.39 is 6.10 Å². The minimum Gasteiger partial charge on any atom is -0.462 e. The van der Waals surface area contributed by atoms with Gasteiger partial charge in [0.2, 0.25) is 0 Å². The summed E-state index contributed by atoms with van der Waals surface area (Å²) in [5.41, 5.74) is 0. The molecule has 0 heterocycles. The van der Waals surface area contributed by atoms with Gasteiger partial charge < -0.3 is 14.2 Å². The van der Waals surface area contributed by atoms with E-state index in [1.807, 2.05) is 0 Å². The van der Waals surface area contributed by atoms with E-state index in [1.54, 1.807) is 0 Å². The first kappa shape index (κ1) is 52.6. The summed E-state index contributed by atoms with van der Waals surface area (Å²) in [5, 5.41) is 0. The number of carbonyl (C=O) groups is 3. The maximum atomic E-state index is 12.7. The van der Waals surface area contributed by atoms with E-state index in [2.05, 4.69) is 57.2 Å². The number of allylic oxidation sites excluding steroid dienone is 6. The molecule has 320 valence electrons. The predicted molar refractivity (Wildman–Crippen MR) is 233 cm³/mol. The van der Waals surface area contributed by atoms with Gasteiger partial charge in [0.15, 0.2) is 6.10 Å². The van der Waals surface area contributed by atoms with Crippen LogP contribution in [0.25, 0.3) is 0 Å². The van der Waals surface area contributed by atoms with E-state index in [0.717, 1.165) is 89.9 Å². The van der Waals surface area contributed by atoms with Crippen molar-refractivity contribution in [2.45, 2.75) is 245 Å². The van der Waals surface area contributed by atoms with Crippen LogP contribution in [0.5, 0.6) is 0 Å². The van der Waals surface area contributed by atoms with Crippen molar-refractivity contribution < 1.29 is 28.6 Å². The lowest BCUT2D eigenvalue weighted by molar-refractivity contribution is -0.167. The Kier molecular flexibility index (Phi) is 42.4. The van der Waals surface area contributed by atoms with Crippen LogP contribution < -0.4 is 0 Å². The molecule has 0 aliphatic rings. The standard InChI is InChI=1S/C49H88O6/c1-4-7-10-13-16-19-22-24-26-27-30-33-36-39-42-48(51)54-45-46(44-53-47(50)41-38-35-32-29-21-18-15-12-9-6-3)55-49(52)43-40-37-34-31-28-25-23-20-17-14-11-8-5-2/h13,16,20,22-24,46H,4-12,14-15,17-19,21,25-45H2,1-3H3/b16-13-,23-20-,24-22-/t46-/m1/s1. The van der Waals surface area contributed by atoms with Gasteiger partial charge in [-0.3, -0.25) is 14.4 Å². The van der Waals surface area contributed by atoms with Crippen molar-refractivity contribution in [2.24, 2.45) is 0 Å². The van der Waals surface area contributed by atoms with E-state index in [1.165, 1.54) is 109 Å². The molecule has 6 heteroatoms. The smallest absolute Gasteiger partial charge is 0.306 e. The van der Waals surface area contributed by atoms with E-state index >= 15 is 0 Å². The van der Waals surface area contributed by atoms with Crippen molar-refractivity contribution >= 4 is 17.9 Å². The normalized spacial score (nSPS) is 12.3. The maximum absolute atomic E-state index is 12.7. The lowest BCUT2D eigenvalue weighted by atomic mass is 10.1. The van der Waals surface area contributed by atoms with Crippen molar-refractivity contribution in [2.75, 3.05) is 13.2 Å². The Hall–Kier alpha value is -2.37. The molecular formula is C49H88O6. The first-order valence-electron chi connectivity index (χ1n) is 23.5. The van der Waals surface area contributed by atoms with Gasteiger partial charge in [0.05, 0.1) is 0 Å². The minimum atomic E-state index is -0.776. The molecule has 55 heavy (non-hydrogen) atoms. The van der Waals surface area contributed by atoms with E-state index in [-0.39, 0.29) is 31.1 Å².